The Morgan fingerprint density at radius 3 is 2.00 bits per heavy atom. The molecule has 0 saturated heterocycles. The van der Waals surface area contributed by atoms with E-state index in [0.29, 0.717) is 6.42 Å². The van der Waals surface area contributed by atoms with Gasteiger partial charge in [-0.25, -0.2) is 0 Å². The Hall–Kier alpha value is -0.880. The lowest BCUT2D eigenvalue weighted by Gasteiger charge is -2.05. The van der Waals surface area contributed by atoms with Gasteiger partial charge >= 0.3 is 10.1 Å². The normalized spacial score (nSPS) is 11.4. The quantitative estimate of drug-likeness (QED) is 0.340. The van der Waals surface area contributed by atoms with E-state index >= 15 is 0 Å². The van der Waals surface area contributed by atoms with Crippen LogP contribution in [0.25, 0.3) is 0 Å². The van der Waals surface area contributed by atoms with Gasteiger partial charge in [-0.2, -0.15) is 8.42 Å². The first-order chi connectivity index (χ1) is 8.91. The van der Waals surface area contributed by atoms with E-state index in [4.69, 9.17) is 5.73 Å². The van der Waals surface area contributed by atoms with Gasteiger partial charge in [0.05, 0.1) is 6.61 Å². The number of primary amides is 1. The van der Waals surface area contributed by atoms with Crippen LogP contribution < -0.4 is 5.73 Å². The third kappa shape index (κ3) is 8.77. The second-order valence-corrected chi connectivity index (χ2v) is 6.18. The van der Waals surface area contributed by atoms with Crippen LogP contribution in [-0.2, 0) is 19.1 Å². The van der Waals surface area contributed by atoms with Crippen molar-refractivity contribution < 1.29 is 17.4 Å². The van der Waals surface area contributed by atoms with Crippen LogP contribution in [-0.4, -0.2) is 20.9 Å². The van der Waals surface area contributed by atoms with Crippen molar-refractivity contribution in [2.45, 2.75) is 58.3 Å². The average Bonchev–Trinajstić information content (AvgIpc) is 2.35. The fraction of sp³-hybridized carbons (Fsp3) is 0.769. The summed E-state index contributed by atoms with van der Waals surface area (Å²) < 4.78 is 27.4. The zero-order valence-corrected chi connectivity index (χ0v) is 12.5. The van der Waals surface area contributed by atoms with Crippen LogP contribution in [0.3, 0.4) is 0 Å². The third-order valence-electron chi connectivity index (χ3n) is 2.81. The molecule has 0 bridgehead atoms. The van der Waals surface area contributed by atoms with Crippen LogP contribution in [0.4, 0.5) is 0 Å². The molecule has 1 amide bonds. The van der Waals surface area contributed by atoms with Gasteiger partial charge in [-0.15, -0.1) is 0 Å². The highest BCUT2D eigenvalue weighted by Crippen LogP contribution is 2.10. The zero-order valence-electron chi connectivity index (χ0n) is 11.7. The Labute approximate surface area is 116 Å². The predicted octanol–water partition coefficient (Wildman–Crippen LogP) is 2.47. The lowest BCUT2D eigenvalue weighted by atomic mass is 10.1. The second kappa shape index (κ2) is 9.97. The van der Waals surface area contributed by atoms with Crippen LogP contribution in [0, 0.1) is 0 Å². The Kier molecular flexibility index (Phi) is 9.51. The minimum Gasteiger partial charge on any atom is -0.365 e. The van der Waals surface area contributed by atoms with E-state index < -0.39 is 20.9 Å². The van der Waals surface area contributed by atoms with Gasteiger partial charge < -0.3 is 5.73 Å². The number of unbranched alkanes of at least 4 members (excludes halogenated alkanes) is 7. The van der Waals surface area contributed by atoms with Crippen molar-refractivity contribution in [1.29, 1.82) is 0 Å². The summed E-state index contributed by atoms with van der Waals surface area (Å²) in [5.41, 5.74) is 4.83. The minimum atomic E-state index is -4.03. The Morgan fingerprint density at radius 2 is 1.53 bits per heavy atom. The number of carbonyl (C=O) groups excluding carboxylic acids is 1. The molecule has 2 N–H and O–H groups in total. The number of hydrogen-bond donors (Lipinski definition) is 1. The van der Waals surface area contributed by atoms with E-state index in [0.717, 1.165) is 12.8 Å². The number of hydrogen-bond acceptors (Lipinski definition) is 4. The van der Waals surface area contributed by atoms with E-state index in [-0.39, 0.29) is 6.61 Å². The van der Waals surface area contributed by atoms with Crippen LogP contribution in [0.5, 0.6) is 0 Å². The molecular formula is C13H25NO4S. The predicted molar refractivity (Wildman–Crippen MR) is 75.8 cm³/mol. The molecule has 0 saturated carbocycles. The van der Waals surface area contributed by atoms with E-state index in [1.54, 1.807) is 0 Å². The first kappa shape index (κ1) is 18.1. The lowest BCUT2D eigenvalue weighted by Crippen LogP contribution is -2.22. The molecule has 5 nitrogen and oxygen atoms in total. The fourth-order valence-corrected chi connectivity index (χ4v) is 2.32. The molecule has 112 valence electrons. The molecule has 6 heteroatoms. The highest BCUT2D eigenvalue weighted by Gasteiger charge is 2.20. The summed E-state index contributed by atoms with van der Waals surface area (Å²) in [4.78, 5) is 9.98. The van der Waals surface area contributed by atoms with Crippen molar-refractivity contribution in [2.75, 3.05) is 6.61 Å². The summed E-state index contributed by atoms with van der Waals surface area (Å²) in [7, 11) is -4.03. The molecule has 0 unspecified atom stereocenters. The molecule has 0 radical (unpaired) electrons. The van der Waals surface area contributed by atoms with Crippen molar-refractivity contribution in [3.8, 4) is 0 Å². The van der Waals surface area contributed by atoms with Crippen LogP contribution >= 0.6 is 0 Å². The van der Waals surface area contributed by atoms with Crippen LogP contribution in [0.1, 0.15) is 58.3 Å². The summed E-state index contributed by atoms with van der Waals surface area (Å²) in [5, 5.41) is 0. The maximum Gasteiger partial charge on any atom is 0.301 e. The largest absolute Gasteiger partial charge is 0.365 e. The smallest absolute Gasteiger partial charge is 0.301 e. The number of amides is 1. The van der Waals surface area contributed by atoms with Crippen molar-refractivity contribution in [3.05, 3.63) is 11.5 Å². The Balaban J connectivity index is 3.59. The first-order valence-corrected chi connectivity index (χ1v) is 8.20. The van der Waals surface area contributed by atoms with Gasteiger partial charge in [0.2, 0.25) is 0 Å². The average molecular weight is 291 g/mol. The van der Waals surface area contributed by atoms with Gasteiger partial charge in [0.1, 0.15) is 0 Å². The number of nitrogens with two attached hydrogens (primary N) is 1. The van der Waals surface area contributed by atoms with Gasteiger partial charge in [-0.1, -0.05) is 58.4 Å². The lowest BCUT2D eigenvalue weighted by molar-refractivity contribution is -0.114. The topological polar surface area (TPSA) is 86.5 Å². The SMILES string of the molecule is C=C(C(N)=O)S(=O)(=O)OCCCCCCCCCC. The van der Waals surface area contributed by atoms with E-state index in [9.17, 15) is 13.2 Å². The highest BCUT2D eigenvalue weighted by atomic mass is 32.2. The number of carbonyl (C=O) groups is 1. The van der Waals surface area contributed by atoms with Gasteiger partial charge in [0.15, 0.2) is 4.91 Å². The fourth-order valence-electron chi connectivity index (χ4n) is 1.60. The van der Waals surface area contributed by atoms with Crippen LogP contribution in [0.2, 0.25) is 0 Å². The molecule has 0 rings (SSSR count). The molecule has 19 heavy (non-hydrogen) atoms. The molecule has 0 aromatic heterocycles. The summed E-state index contributed by atoms with van der Waals surface area (Å²) >= 11 is 0. The van der Waals surface area contributed by atoms with Crippen molar-refractivity contribution >= 4 is 16.0 Å². The standard InChI is InChI=1S/C13H25NO4S/c1-3-4-5-6-7-8-9-10-11-18-19(16,17)12(2)13(14)15/h2-11H2,1H3,(H2,14,15). The summed E-state index contributed by atoms with van der Waals surface area (Å²) in [6.07, 6.45) is 8.81. The third-order valence-corrected chi connectivity index (χ3v) is 4.09. The molecule has 0 aliphatic rings. The first-order valence-electron chi connectivity index (χ1n) is 6.80. The summed E-state index contributed by atoms with van der Waals surface area (Å²) in [5.74, 6) is -1.07. The van der Waals surface area contributed by atoms with E-state index in [1.807, 2.05) is 0 Å². The molecule has 0 aliphatic carbocycles. The summed E-state index contributed by atoms with van der Waals surface area (Å²) in [6.45, 7) is 5.35. The van der Waals surface area contributed by atoms with Crippen molar-refractivity contribution in [2.24, 2.45) is 5.73 Å². The Bertz CT molecular complexity index is 376. The van der Waals surface area contributed by atoms with Gasteiger partial charge in [-0.05, 0) is 6.42 Å². The summed E-state index contributed by atoms with van der Waals surface area (Å²) in [6, 6.07) is 0. The molecular weight excluding hydrogens is 266 g/mol. The molecule has 0 aliphatic heterocycles. The monoisotopic (exact) mass is 291 g/mol. The maximum absolute atomic E-state index is 11.4. The molecule has 0 atom stereocenters. The molecule has 0 aromatic carbocycles. The maximum atomic E-state index is 11.4. The van der Waals surface area contributed by atoms with Gasteiger partial charge in [-0.3, -0.25) is 8.98 Å². The second-order valence-electron chi connectivity index (χ2n) is 4.54. The minimum absolute atomic E-state index is 0.0730. The number of rotatable bonds is 12. The molecule has 0 fully saturated rings. The molecule has 0 aromatic rings. The van der Waals surface area contributed by atoms with Gasteiger partial charge in [0, 0.05) is 0 Å². The van der Waals surface area contributed by atoms with Crippen LogP contribution in [0.15, 0.2) is 11.5 Å². The van der Waals surface area contributed by atoms with Crippen molar-refractivity contribution in [3.63, 3.8) is 0 Å². The molecule has 0 spiro atoms. The van der Waals surface area contributed by atoms with Crippen molar-refractivity contribution in [1.82, 2.24) is 0 Å². The highest BCUT2D eigenvalue weighted by molar-refractivity contribution is 7.91. The molecule has 0 heterocycles. The van der Waals surface area contributed by atoms with E-state index in [1.165, 1.54) is 32.1 Å². The van der Waals surface area contributed by atoms with E-state index in [2.05, 4.69) is 17.7 Å². The zero-order chi connectivity index (χ0) is 14.7. The van der Waals surface area contributed by atoms with Gasteiger partial charge in [0.25, 0.3) is 5.91 Å². The Morgan fingerprint density at radius 1 is 1.05 bits per heavy atom.